The quantitative estimate of drug-likeness (QED) is 0.110. The van der Waals surface area contributed by atoms with Gasteiger partial charge >= 0.3 is 0 Å². The van der Waals surface area contributed by atoms with Crippen molar-refractivity contribution in [2.24, 2.45) is 17.2 Å². The molecule has 1 aliphatic rings. The lowest BCUT2D eigenvalue weighted by atomic mass is 10.0. The molecule has 13 nitrogen and oxygen atoms in total. The van der Waals surface area contributed by atoms with Gasteiger partial charge in [-0.25, -0.2) is 0 Å². The van der Waals surface area contributed by atoms with E-state index in [9.17, 15) is 24.0 Å². The minimum atomic E-state index is -0.918. The zero-order valence-electron chi connectivity index (χ0n) is 26.5. The molecule has 13 heteroatoms. The molecule has 0 bridgehead atoms. The zero-order valence-corrected chi connectivity index (χ0v) is 26.5. The van der Waals surface area contributed by atoms with Crippen LogP contribution in [0.25, 0.3) is 10.8 Å². The van der Waals surface area contributed by atoms with Crippen molar-refractivity contribution in [3.63, 3.8) is 0 Å². The number of ether oxygens (including phenoxy) is 1. The fraction of sp³-hybridized carbons (Fsp3) is 0.545. The maximum atomic E-state index is 13.6. The van der Waals surface area contributed by atoms with E-state index in [2.05, 4.69) is 16.0 Å². The molecule has 0 spiro atoms. The third-order valence-electron chi connectivity index (χ3n) is 8.05. The molecule has 3 rings (SSSR count). The summed E-state index contributed by atoms with van der Waals surface area (Å²) in [5.74, 6) is -2.06. The number of benzene rings is 2. The van der Waals surface area contributed by atoms with Gasteiger partial charge in [-0.05, 0) is 80.8 Å². The van der Waals surface area contributed by atoms with Crippen molar-refractivity contribution in [2.75, 3.05) is 39.4 Å². The summed E-state index contributed by atoms with van der Waals surface area (Å²) in [4.78, 5) is 66.1. The van der Waals surface area contributed by atoms with Crippen molar-refractivity contribution >= 4 is 40.3 Å². The van der Waals surface area contributed by atoms with Crippen LogP contribution in [0.4, 0.5) is 0 Å². The molecule has 3 atom stereocenters. The van der Waals surface area contributed by atoms with Crippen molar-refractivity contribution in [3.8, 4) is 0 Å². The van der Waals surface area contributed by atoms with Crippen molar-refractivity contribution in [1.82, 2.24) is 20.9 Å². The summed E-state index contributed by atoms with van der Waals surface area (Å²) in [5, 5.41) is 10.4. The van der Waals surface area contributed by atoms with Crippen LogP contribution in [0.5, 0.6) is 0 Å². The molecule has 5 amide bonds. The van der Waals surface area contributed by atoms with Crippen LogP contribution < -0.4 is 33.2 Å². The minimum Gasteiger partial charge on any atom is -0.370 e. The molecule has 0 aliphatic carbocycles. The molecule has 2 aromatic carbocycles. The maximum Gasteiger partial charge on any atom is 0.243 e. The smallest absolute Gasteiger partial charge is 0.243 e. The van der Waals surface area contributed by atoms with Crippen LogP contribution in [-0.2, 0) is 35.1 Å². The number of amides is 5. The Morgan fingerprint density at radius 1 is 0.870 bits per heavy atom. The summed E-state index contributed by atoms with van der Waals surface area (Å²) in [6.07, 6.45) is 4.52. The van der Waals surface area contributed by atoms with Gasteiger partial charge in [-0.3, -0.25) is 24.0 Å². The first-order valence-corrected chi connectivity index (χ1v) is 16.2. The molecule has 0 radical (unpaired) electrons. The Labute approximate surface area is 270 Å². The summed E-state index contributed by atoms with van der Waals surface area (Å²) in [7, 11) is 0. The van der Waals surface area contributed by atoms with Gasteiger partial charge in [0.25, 0.3) is 0 Å². The molecule has 0 aromatic heterocycles. The molecular formula is C33H49N7O6. The molecule has 0 saturated carbocycles. The molecule has 1 aliphatic heterocycles. The van der Waals surface area contributed by atoms with Crippen LogP contribution in [0.2, 0.25) is 0 Å². The summed E-state index contributed by atoms with van der Waals surface area (Å²) in [5.41, 5.74) is 17.3. The lowest BCUT2D eigenvalue weighted by Crippen LogP contribution is -2.56. The van der Waals surface area contributed by atoms with Gasteiger partial charge in [0.15, 0.2) is 0 Å². The average molecular weight is 640 g/mol. The van der Waals surface area contributed by atoms with Gasteiger partial charge < -0.3 is 42.8 Å². The summed E-state index contributed by atoms with van der Waals surface area (Å²) < 4.78 is 5.09. The fourth-order valence-corrected chi connectivity index (χ4v) is 5.65. The van der Waals surface area contributed by atoms with Gasteiger partial charge in [0.1, 0.15) is 24.7 Å². The third-order valence-corrected chi connectivity index (χ3v) is 8.05. The molecule has 1 saturated heterocycles. The van der Waals surface area contributed by atoms with Crippen LogP contribution in [0, 0.1) is 0 Å². The number of nitrogens with two attached hydrogens (primary N) is 3. The first-order chi connectivity index (χ1) is 22.2. The lowest BCUT2D eigenvalue weighted by molar-refractivity contribution is -0.139. The van der Waals surface area contributed by atoms with Gasteiger partial charge in [0, 0.05) is 13.1 Å². The number of rotatable bonds is 20. The number of unbranched alkanes of at least 4 members (excludes halogenated alkanes) is 2. The summed E-state index contributed by atoms with van der Waals surface area (Å²) in [6, 6.07) is 11.2. The number of hydrogen-bond donors (Lipinski definition) is 6. The first-order valence-electron chi connectivity index (χ1n) is 16.2. The molecule has 46 heavy (non-hydrogen) atoms. The predicted octanol–water partition coefficient (Wildman–Crippen LogP) is 0.219. The van der Waals surface area contributed by atoms with E-state index >= 15 is 0 Å². The van der Waals surface area contributed by atoms with Gasteiger partial charge in [-0.2, -0.15) is 0 Å². The zero-order chi connectivity index (χ0) is 33.3. The van der Waals surface area contributed by atoms with E-state index in [0.29, 0.717) is 71.0 Å². The third kappa shape index (κ3) is 11.4. The largest absolute Gasteiger partial charge is 0.370 e. The monoisotopic (exact) mass is 639 g/mol. The van der Waals surface area contributed by atoms with Gasteiger partial charge in [-0.1, -0.05) is 42.5 Å². The van der Waals surface area contributed by atoms with Gasteiger partial charge in [-0.15, -0.1) is 0 Å². The first kappa shape index (κ1) is 36.4. The molecule has 252 valence electrons. The highest BCUT2D eigenvalue weighted by atomic mass is 16.5. The van der Waals surface area contributed by atoms with Crippen molar-refractivity contribution in [3.05, 3.63) is 48.0 Å². The SMILES string of the molecule is NCCCCC(NC(=O)C(CCCCN)NC(=O)[C@@H]1CCCN1C(=O)Cc1cccc2ccccc12)C(=O)NCCOCC(N)=O. The summed E-state index contributed by atoms with van der Waals surface area (Å²) in [6.45, 7) is 1.27. The molecule has 2 aromatic rings. The second kappa shape index (κ2) is 19.4. The number of nitrogens with zero attached hydrogens (tertiary/aromatic N) is 1. The minimum absolute atomic E-state index is 0.0764. The number of hydrogen-bond acceptors (Lipinski definition) is 8. The fourth-order valence-electron chi connectivity index (χ4n) is 5.65. The van der Waals surface area contributed by atoms with Crippen molar-refractivity contribution < 1.29 is 28.7 Å². The van der Waals surface area contributed by atoms with E-state index in [1.165, 1.54) is 0 Å². The molecule has 9 N–H and O–H groups in total. The van der Waals surface area contributed by atoms with E-state index in [-0.39, 0.29) is 32.1 Å². The highest BCUT2D eigenvalue weighted by Gasteiger charge is 2.36. The second-order valence-electron chi connectivity index (χ2n) is 11.6. The van der Waals surface area contributed by atoms with Crippen LogP contribution in [0.1, 0.15) is 56.9 Å². The summed E-state index contributed by atoms with van der Waals surface area (Å²) >= 11 is 0. The second-order valence-corrected chi connectivity index (χ2v) is 11.6. The highest BCUT2D eigenvalue weighted by molar-refractivity contribution is 5.95. The van der Waals surface area contributed by atoms with Crippen LogP contribution in [0.3, 0.4) is 0 Å². The highest BCUT2D eigenvalue weighted by Crippen LogP contribution is 2.23. The standard InChI is InChI=1S/C33H49N7O6/c34-16-5-3-13-26(31(43)37-18-20-46-22-29(36)41)38-32(44)27(14-4-6-17-35)39-33(45)28-15-8-19-40(28)30(42)21-24-11-7-10-23-9-1-2-12-25(23)24/h1-2,7,9-12,26-28H,3-6,8,13-22,34-35H2,(H2,36,41)(H,37,43)(H,38,44)(H,39,45)/t26?,27?,28-/m0/s1. The molecule has 1 heterocycles. The number of fused-ring (bicyclic) bond motifs is 1. The van der Waals surface area contributed by atoms with E-state index < -0.39 is 41.8 Å². The average Bonchev–Trinajstić information content (AvgIpc) is 3.54. The normalized spacial score (nSPS) is 15.7. The van der Waals surface area contributed by atoms with Gasteiger partial charge in [0.05, 0.1) is 13.0 Å². The Balaban J connectivity index is 1.66. The number of primary amides is 1. The lowest BCUT2D eigenvalue weighted by Gasteiger charge is -2.28. The van der Waals surface area contributed by atoms with Crippen LogP contribution in [0.15, 0.2) is 42.5 Å². The Morgan fingerprint density at radius 2 is 1.54 bits per heavy atom. The Morgan fingerprint density at radius 3 is 2.24 bits per heavy atom. The predicted molar refractivity (Wildman–Crippen MR) is 175 cm³/mol. The molecular weight excluding hydrogens is 590 g/mol. The number of nitrogens with one attached hydrogen (secondary N) is 3. The number of carbonyl (C=O) groups excluding carboxylic acids is 5. The Bertz CT molecular complexity index is 1320. The van der Waals surface area contributed by atoms with Crippen LogP contribution >= 0.6 is 0 Å². The van der Waals surface area contributed by atoms with E-state index in [0.717, 1.165) is 16.3 Å². The Hall–Kier alpha value is -4.07. The Kier molecular flexibility index (Phi) is 15.4. The maximum absolute atomic E-state index is 13.6. The van der Waals surface area contributed by atoms with Crippen LogP contribution in [-0.4, -0.2) is 92.0 Å². The number of likely N-dealkylation sites (tertiary alicyclic amines) is 1. The van der Waals surface area contributed by atoms with Crippen molar-refractivity contribution in [2.45, 2.75) is 75.9 Å². The molecule has 2 unspecified atom stereocenters. The van der Waals surface area contributed by atoms with E-state index in [1.54, 1.807) is 4.90 Å². The van der Waals surface area contributed by atoms with Gasteiger partial charge in [0.2, 0.25) is 29.5 Å². The van der Waals surface area contributed by atoms with Crippen molar-refractivity contribution in [1.29, 1.82) is 0 Å². The van der Waals surface area contributed by atoms with E-state index in [1.807, 2.05) is 42.5 Å². The van der Waals surface area contributed by atoms with E-state index in [4.69, 9.17) is 21.9 Å². The topological polar surface area (TPSA) is 212 Å². The number of carbonyl (C=O) groups is 5. The molecule has 1 fully saturated rings.